The van der Waals surface area contributed by atoms with Crippen LogP contribution in [0.15, 0.2) is 22.1 Å². The summed E-state index contributed by atoms with van der Waals surface area (Å²) in [5.41, 5.74) is 0.529. The number of nitrogens with zero attached hydrogens (tertiary/aromatic N) is 2. The molecule has 0 aromatic carbocycles. The molecule has 19 heavy (non-hydrogen) atoms. The monoisotopic (exact) mass is 344 g/mol. The molecule has 0 fully saturated rings. The van der Waals surface area contributed by atoms with Crippen LogP contribution < -0.4 is 4.74 Å². The van der Waals surface area contributed by atoms with Crippen LogP contribution >= 0.6 is 27.3 Å². The summed E-state index contributed by atoms with van der Waals surface area (Å²) in [5, 5.41) is 5.97. The molecule has 0 aliphatic rings. The van der Waals surface area contributed by atoms with E-state index in [2.05, 4.69) is 21.0 Å². The molecule has 102 valence electrons. The van der Waals surface area contributed by atoms with Gasteiger partial charge in [0.15, 0.2) is 0 Å². The molecule has 0 N–H and O–H groups in total. The molecule has 0 saturated heterocycles. The minimum absolute atomic E-state index is 0.0752. The number of rotatable bonds is 6. The van der Waals surface area contributed by atoms with Crippen molar-refractivity contribution < 1.29 is 14.3 Å². The van der Waals surface area contributed by atoms with Crippen molar-refractivity contribution in [2.24, 2.45) is 0 Å². The van der Waals surface area contributed by atoms with Gasteiger partial charge in [0.05, 0.1) is 35.8 Å². The van der Waals surface area contributed by atoms with Gasteiger partial charge in [-0.05, 0) is 15.9 Å². The lowest BCUT2D eigenvalue weighted by atomic mass is 10.2. The van der Waals surface area contributed by atoms with E-state index in [1.807, 2.05) is 0 Å². The van der Waals surface area contributed by atoms with Crippen molar-refractivity contribution in [3.8, 4) is 5.75 Å². The van der Waals surface area contributed by atoms with Crippen molar-refractivity contribution in [3.05, 3.63) is 32.7 Å². The molecule has 0 atom stereocenters. The van der Waals surface area contributed by atoms with Crippen molar-refractivity contribution in [3.63, 3.8) is 0 Å². The lowest BCUT2D eigenvalue weighted by Gasteiger charge is -2.05. The third kappa shape index (κ3) is 3.05. The number of halogens is 1. The van der Waals surface area contributed by atoms with Crippen LogP contribution in [0.25, 0.3) is 0 Å². The summed E-state index contributed by atoms with van der Waals surface area (Å²) in [6.07, 6.45) is 1.62. The average molecular weight is 345 g/mol. The van der Waals surface area contributed by atoms with E-state index in [-0.39, 0.29) is 5.78 Å². The van der Waals surface area contributed by atoms with Gasteiger partial charge in [0.2, 0.25) is 5.78 Å². The Morgan fingerprint density at radius 2 is 2.32 bits per heavy atom. The smallest absolute Gasteiger partial charge is 0.222 e. The van der Waals surface area contributed by atoms with Gasteiger partial charge < -0.3 is 9.47 Å². The Balaban J connectivity index is 2.29. The van der Waals surface area contributed by atoms with Crippen molar-refractivity contribution in [2.45, 2.75) is 6.54 Å². The predicted octanol–water partition coefficient (Wildman–Crippen LogP) is 2.59. The predicted molar refractivity (Wildman–Crippen MR) is 76.1 cm³/mol. The summed E-state index contributed by atoms with van der Waals surface area (Å²) in [4.78, 5) is 13.1. The standard InChI is InChI=1S/C12H13BrN2O3S/c1-17-4-3-15-11(9(13)6-14-15)12(16)10-5-8(18-2)7-19-10/h5-7H,3-4H2,1-2H3. The highest BCUT2D eigenvalue weighted by molar-refractivity contribution is 9.10. The van der Waals surface area contributed by atoms with E-state index >= 15 is 0 Å². The third-order valence-corrected chi connectivity index (χ3v) is 4.04. The van der Waals surface area contributed by atoms with Gasteiger partial charge in [-0.25, -0.2) is 0 Å². The van der Waals surface area contributed by atoms with Gasteiger partial charge in [-0.15, -0.1) is 11.3 Å². The van der Waals surface area contributed by atoms with Crippen LogP contribution in [0.2, 0.25) is 0 Å². The first kappa shape index (κ1) is 14.2. The minimum Gasteiger partial charge on any atom is -0.496 e. The second-order valence-corrected chi connectivity index (χ2v) is 5.50. The molecule has 0 saturated carbocycles. The van der Waals surface area contributed by atoms with E-state index in [9.17, 15) is 4.79 Å². The van der Waals surface area contributed by atoms with Crippen molar-refractivity contribution in [1.29, 1.82) is 0 Å². The maximum atomic E-state index is 12.5. The van der Waals surface area contributed by atoms with Crippen molar-refractivity contribution in [2.75, 3.05) is 20.8 Å². The SMILES string of the molecule is COCCn1ncc(Br)c1C(=O)c1cc(OC)cs1. The maximum Gasteiger partial charge on any atom is 0.222 e. The van der Waals surface area contributed by atoms with Gasteiger partial charge >= 0.3 is 0 Å². The summed E-state index contributed by atoms with van der Waals surface area (Å²) in [6, 6.07) is 1.73. The van der Waals surface area contributed by atoms with Gasteiger partial charge in [-0.2, -0.15) is 5.10 Å². The van der Waals surface area contributed by atoms with Crippen LogP contribution in [-0.2, 0) is 11.3 Å². The van der Waals surface area contributed by atoms with Gasteiger partial charge in [0, 0.05) is 18.6 Å². The molecule has 7 heteroatoms. The first-order valence-electron chi connectivity index (χ1n) is 5.54. The van der Waals surface area contributed by atoms with Gasteiger partial charge in [-0.1, -0.05) is 0 Å². The molecule has 2 rings (SSSR count). The average Bonchev–Trinajstić information content (AvgIpc) is 3.02. The molecule has 2 aromatic heterocycles. The summed E-state index contributed by atoms with van der Waals surface area (Å²) >= 11 is 4.71. The largest absolute Gasteiger partial charge is 0.496 e. The van der Waals surface area contributed by atoms with Crippen molar-refractivity contribution >= 4 is 33.0 Å². The van der Waals surface area contributed by atoms with Crippen LogP contribution in [0.3, 0.4) is 0 Å². The van der Waals surface area contributed by atoms with Crippen molar-refractivity contribution in [1.82, 2.24) is 9.78 Å². The third-order valence-electron chi connectivity index (χ3n) is 2.55. The van der Waals surface area contributed by atoms with Crippen LogP contribution in [0.4, 0.5) is 0 Å². The Kier molecular flexibility index (Phi) is 4.73. The zero-order chi connectivity index (χ0) is 13.8. The molecule has 2 heterocycles. The lowest BCUT2D eigenvalue weighted by molar-refractivity contribution is 0.102. The van der Waals surface area contributed by atoms with Crippen LogP contribution in [0.1, 0.15) is 15.4 Å². The normalized spacial score (nSPS) is 10.7. The van der Waals surface area contributed by atoms with E-state index in [1.54, 1.807) is 36.5 Å². The minimum atomic E-state index is -0.0752. The number of hydrogen-bond acceptors (Lipinski definition) is 5. The number of ketones is 1. The lowest BCUT2D eigenvalue weighted by Crippen LogP contribution is -2.14. The number of methoxy groups -OCH3 is 2. The number of carbonyl (C=O) groups excluding carboxylic acids is 1. The fourth-order valence-electron chi connectivity index (χ4n) is 1.60. The van der Waals surface area contributed by atoms with E-state index in [4.69, 9.17) is 9.47 Å². The van der Waals surface area contributed by atoms with Gasteiger partial charge in [-0.3, -0.25) is 9.48 Å². The van der Waals surface area contributed by atoms with E-state index in [1.165, 1.54) is 11.3 Å². The number of hydrogen-bond donors (Lipinski definition) is 0. The molecule has 5 nitrogen and oxygen atoms in total. The highest BCUT2D eigenvalue weighted by Crippen LogP contribution is 2.26. The Hall–Kier alpha value is -1.18. The van der Waals surface area contributed by atoms with Gasteiger partial charge in [0.25, 0.3) is 0 Å². The molecule has 2 aromatic rings. The molecule has 0 spiro atoms. The fraction of sp³-hybridized carbons (Fsp3) is 0.333. The Morgan fingerprint density at radius 3 is 2.95 bits per heavy atom. The number of aromatic nitrogens is 2. The molecule has 0 radical (unpaired) electrons. The van der Waals surface area contributed by atoms with Crippen LogP contribution in [0.5, 0.6) is 5.75 Å². The molecule has 0 unspecified atom stereocenters. The second kappa shape index (κ2) is 6.31. The Bertz CT molecular complexity index is 579. The van der Waals surface area contributed by atoms with Crippen LogP contribution in [0, 0.1) is 0 Å². The van der Waals surface area contributed by atoms with Gasteiger partial charge in [0.1, 0.15) is 11.4 Å². The highest BCUT2D eigenvalue weighted by Gasteiger charge is 2.20. The van der Waals surface area contributed by atoms with E-state index < -0.39 is 0 Å². The number of carbonyl (C=O) groups is 1. The zero-order valence-corrected chi connectivity index (χ0v) is 13.0. The van der Waals surface area contributed by atoms with E-state index in [0.29, 0.717) is 33.9 Å². The summed E-state index contributed by atoms with van der Waals surface area (Å²) in [5.74, 6) is 0.612. The first-order valence-corrected chi connectivity index (χ1v) is 7.22. The Labute approximate surface area is 123 Å². The maximum absolute atomic E-state index is 12.5. The zero-order valence-electron chi connectivity index (χ0n) is 10.6. The molecular formula is C12H13BrN2O3S. The van der Waals surface area contributed by atoms with E-state index in [0.717, 1.165) is 0 Å². The number of thiophene rings is 1. The Morgan fingerprint density at radius 1 is 1.53 bits per heavy atom. The molecule has 0 amide bonds. The van der Waals surface area contributed by atoms with Crippen LogP contribution in [-0.4, -0.2) is 36.4 Å². The molecule has 0 aliphatic carbocycles. The topological polar surface area (TPSA) is 53.4 Å². The summed E-state index contributed by atoms with van der Waals surface area (Å²) in [6.45, 7) is 1.04. The highest BCUT2D eigenvalue weighted by atomic mass is 79.9. The fourth-order valence-corrected chi connectivity index (χ4v) is 2.87. The first-order chi connectivity index (χ1) is 9.17. The number of ether oxygens (including phenoxy) is 2. The molecule has 0 bridgehead atoms. The quantitative estimate of drug-likeness (QED) is 0.756. The molecule has 0 aliphatic heterocycles. The summed E-state index contributed by atoms with van der Waals surface area (Å²) in [7, 11) is 3.19. The summed E-state index contributed by atoms with van der Waals surface area (Å²) < 4.78 is 12.4. The molecular weight excluding hydrogens is 332 g/mol. The second-order valence-electron chi connectivity index (χ2n) is 3.74.